The van der Waals surface area contributed by atoms with Crippen LogP contribution in [0.1, 0.15) is 44.1 Å². The summed E-state index contributed by atoms with van der Waals surface area (Å²) in [7, 11) is 1.67. The largest absolute Gasteiger partial charge is 0.496 e. The number of benzene rings is 1. The number of fused-ring (bicyclic) bond motifs is 1. The van der Waals surface area contributed by atoms with Crippen LogP contribution in [-0.4, -0.2) is 34.0 Å². The maximum absolute atomic E-state index is 13.0. The van der Waals surface area contributed by atoms with Crippen molar-refractivity contribution >= 4 is 5.91 Å². The van der Waals surface area contributed by atoms with Gasteiger partial charge in [-0.05, 0) is 30.4 Å². The van der Waals surface area contributed by atoms with E-state index in [9.17, 15) is 4.79 Å². The summed E-state index contributed by atoms with van der Waals surface area (Å²) in [5, 5.41) is 0. The summed E-state index contributed by atoms with van der Waals surface area (Å²) in [4.78, 5) is 19.6. The molecule has 2 heterocycles. The number of rotatable bonds is 5. The molecule has 1 aromatic heterocycles. The van der Waals surface area contributed by atoms with Gasteiger partial charge in [-0.1, -0.05) is 32.0 Å². The molecule has 0 spiro atoms. The molecule has 0 N–H and O–H groups in total. The fraction of sp³-hybridized carbons (Fsp3) is 0.500. The van der Waals surface area contributed by atoms with Crippen molar-refractivity contribution in [1.29, 1.82) is 0 Å². The highest BCUT2D eigenvalue weighted by molar-refractivity contribution is 5.77. The fourth-order valence-corrected chi connectivity index (χ4v) is 3.70. The second kappa shape index (κ2) is 7.72. The molecule has 0 radical (unpaired) electrons. The number of imidazole rings is 1. The summed E-state index contributed by atoms with van der Waals surface area (Å²) in [5.41, 5.74) is 1.08. The molecular formula is C20H27N3O2. The first-order chi connectivity index (χ1) is 12.1. The van der Waals surface area contributed by atoms with E-state index in [1.165, 1.54) is 0 Å². The first kappa shape index (κ1) is 17.5. The molecule has 0 bridgehead atoms. The molecular weight excluding hydrogens is 314 g/mol. The van der Waals surface area contributed by atoms with E-state index < -0.39 is 0 Å². The Morgan fingerprint density at radius 2 is 2.12 bits per heavy atom. The van der Waals surface area contributed by atoms with Crippen LogP contribution < -0.4 is 4.74 Å². The van der Waals surface area contributed by atoms with E-state index in [4.69, 9.17) is 4.74 Å². The molecule has 1 unspecified atom stereocenters. The summed E-state index contributed by atoms with van der Waals surface area (Å²) in [5.74, 6) is 2.38. The number of methoxy groups -OCH3 is 1. The number of aryl methyl sites for hydroxylation is 2. The SMILES string of the molecule is COc1ccccc1CCC(=O)N1CCCn2ccnc2C1C(C)C. The highest BCUT2D eigenvalue weighted by atomic mass is 16.5. The van der Waals surface area contributed by atoms with Crippen LogP contribution in [0.25, 0.3) is 0 Å². The quantitative estimate of drug-likeness (QED) is 0.837. The van der Waals surface area contributed by atoms with Gasteiger partial charge in [0.15, 0.2) is 0 Å². The fourth-order valence-electron chi connectivity index (χ4n) is 3.70. The molecule has 0 saturated carbocycles. The molecule has 2 aromatic rings. The first-order valence-corrected chi connectivity index (χ1v) is 9.04. The van der Waals surface area contributed by atoms with Gasteiger partial charge in [0.25, 0.3) is 0 Å². The van der Waals surface area contributed by atoms with Crippen molar-refractivity contribution in [2.24, 2.45) is 5.92 Å². The third-order valence-corrected chi connectivity index (χ3v) is 4.90. The maximum Gasteiger partial charge on any atom is 0.223 e. The topological polar surface area (TPSA) is 47.4 Å². The molecule has 1 aliphatic rings. The Labute approximate surface area is 149 Å². The number of carbonyl (C=O) groups is 1. The number of hydrogen-bond acceptors (Lipinski definition) is 3. The Kier molecular flexibility index (Phi) is 5.41. The van der Waals surface area contributed by atoms with E-state index in [2.05, 4.69) is 23.4 Å². The van der Waals surface area contributed by atoms with E-state index in [-0.39, 0.29) is 11.9 Å². The second-order valence-electron chi connectivity index (χ2n) is 6.92. The minimum absolute atomic E-state index is 0.0441. The molecule has 5 heteroatoms. The molecule has 0 fully saturated rings. The number of amides is 1. The third-order valence-electron chi connectivity index (χ3n) is 4.90. The molecule has 1 amide bonds. The Morgan fingerprint density at radius 1 is 1.32 bits per heavy atom. The number of ether oxygens (including phenoxy) is 1. The zero-order chi connectivity index (χ0) is 17.8. The third kappa shape index (κ3) is 3.70. The normalized spacial score (nSPS) is 17.3. The lowest BCUT2D eigenvalue weighted by atomic mass is 10.0. The van der Waals surface area contributed by atoms with Crippen molar-refractivity contribution < 1.29 is 9.53 Å². The summed E-state index contributed by atoms with van der Waals surface area (Å²) < 4.78 is 7.59. The number of para-hydroxylation sites is 1. The van der Waals surface area contributed by atoms with Crippen LogP contribution in [0.3, 0.4) is 0 Å². The number of aromatic nitrogens is 2. The van der Waals surface area contributed by atoms with Gasteiger partial charge in [-0.3, -0.25) is 4.79 Å². The van der Waals surface area contributed by atoms with Crippen LogP contribution in [0, 0.1) is 5.92 Å². The van der Waals surface area contributed by atoms with Gasteiger partial charge >= 0.3 is 0 Å². The van der Waals surface area contributed by atoms with Crippen LogP contribution in [0.15, 0.2) is 36.7 Å². The second-order valence-corrected chi connectivity index (χ2v) is 6.92. The monoisotopic (exact) mass is 341 g/mol. The van der Waals surface area contributed by atoms with Gasteiger partial charge in [-0.25, -0.2) is 4.98 Å². The van der Waals surface area contributed by atoms with Gasteiger partial charge < -0.3 is 14.2 Å². The Hall–Kier alpha value is -2.30. The van der Waals surface area contributed by atoms with E-state index in [1.807, 2.05) is 41.6 Å². The minimum Gasteiger partial charge on any atom is -0.496 e. The van der Waals surface area contributed by atoms with Crippen molar-refractivity contribution in [3.05, 3.63) is 48.0 Å². The molecule has 5 nitrogen and oxygen atoms in total. The van der Waals surface area contributed by atoms with Gasteiger partial charge in [0.2, 0.25) is 5.91 Å². The van der Waals surface area contributed by atoms with Crippen LogP contribution in [0.2, 0.25) is 0 Å². The van der Waals surface area contributed by atoms with Gasteiger partial charge in [-0.2, -0.15) is 0 Å². The lowest BCUT2D eigenvalue weighted by molar-refractivity contribution is -0.134. The number of nitrogens with zero attached hydrogens (tertiary/aromatic N) is 3. The number of hydrogen-bond donors (Lipinski definition) is 0. The van der Waals surface area contributed by atoms with Crippen molar-refractivity contribution in [3.8, 4) is 5.75 Å². The molecule has 3 rings (SSSR count). The number of carbonyl (C=O) groups excluding carboxylic acids is 1. The smallest absolute Gasteiger partial charge is 0.223 e. The van der Waals surface area contributed by atoms with Gasteiger partial charge in [0.1, 0.15) is 11.6 Å². The highest BCUT2D eigenvalue weighted by Crippen LogP contribution is 2.31. The molecule has 134 valence electrons. The molecule has 1 atom stereocenters. The zero-order valence-corrected chi connectivity index (χ0v) is 15.3. The zero-order valence-electron chi connectivity index (χ0n) is 15.3. The average Bonchev–Trinajstić information content (AvgIpc) is 2.98. The lowest BCUT2D eigenvalue weighted by Gasteiger charge is -2.32. The maximum atomic E-state index is 13.0. The van der Waals surface area contributed by atoms with Gasteiger partial charge in [0.05, 0.1) is 13.2 Å². The van der Waals surface area contributed by atoms with Crippen molar-refractivity contribution in [2.45, 2.75) is 45.7 Å². The van der Waals surface area contributed by atoms with E-state index in [1.54, 1.807) is 7.11 Å². The van der Waals surface area contributed by atoms with Crippen LogP contribution >= 0.6 is 0 Å². The molecule has 0 aliphatic carbocycles. The first-order valence-electron chi connectivity index (χ1n) is 9.04. The summed E-state index contributed by atoms with van der Waals surface area (Å²) in [6.45, 7) is 6.04. The molecule has 25 heavy (non-hydrogen) atoms. The van der Waals surface area contributed by atoms with E-state index in [0.29, 0.717) is 18.8 Å². The Morgan fingerprint density at radius 3 is 2.88 bits per heavy atom. The predicted molar refractivity (Wildman–Crippen MR) is 97.5 cm³/mol. The summed E-state index contributed by atoms with van der Waals surface area (Å²) in [6, 6.07) is 7.96. The van der Waals surface area contributed by atoms with E-state index in [0.717, 1.165) is 36.6 Å². The lowest BCUT2D eigenvalue weighted by Crippen LogP contribution is -2.38. The molecule has 1 aromatic carbocycles. The van der Waals surface area contributed by atoms with Crippen molar-refractivity contribution in [3.63, 3.8) is 0 Å². The Balaban J connectivity index is 1.76. The van der Waals surface area contributed by atoms with Crippen molar-refractivity contribution in [2.75, 3.05) is 13.7 Å². The molecule has 1 aliphatic heterocycles. The van der Waals surface area contributed by atoms with Crippen LogP contribution in [-0.2, 0) is 17.8 Å². The molecule has 0 saturated heterocycles. The average molecular weight is 341 g/mol. The Bertz CT molecular complexity index is 723. The van der Waals surface area contributed by atoms with Gasteiger partial charge in [0, 0.05) is 31.9 Å². The standard InChI is InChI=1S/C20H27N3O2/c1-15(2)19-20-21-11-14-22(20)12-6-13-23(19)18(24)10-9-16-7-4-5-8-17(16)25-3/h4-5,7-8,11,14-15,19H,6,9-10,12-13H2,1-3H3. The predicted octanol–water partition coefficient (Wildman–Crippen LogP) is 3.45. The van der Waals surface area contributed by atoms with Crippen LogP contribution in [0.5, 0.6) is 5.75 Å². The minimum atomic E-state index is 0.0441. The van der Waals surface area contributed by atoms with E-state index >= 15 is 0 Å². The van der Waals surface area contributed by atoms with Crippen LogP contribution in [0.4, 0.5) is 0 Å². The summed E-state index contributed by atoms with van der Waals surface area (Å²) >= 11 is 0. The van der Waals surface area contributed by atoms with Gasteiger partial charge in [-0.15, -0.1) is 0 Å². The highest BCUT2D eigenvalue weighted by Gasteiger charge is 2.32. The van der Waals surface area contributed by atoms with Crippen molar-refractivity contribution in [1.82, 2.24) is 14.5 Å². The summed E-state index contributed by atoms with van der Waals surface area (Å²) in [6.07, 6.45) is 6.01.